The number of rotatable bonds is 5. The predicted molar refractivity (Wildman–Crippen MR) is 55.9 cm³/mol. The largest absolute Gasteiger partial charge is 0.370 e. The molecule has 1 aliphatic carbocycles. The van der Waals surface area contributed by atoms with E-state index in [0.717, 1.165) is 19.4 Å². The first-order valence-electron chi connectivity index (χ1n) is 5.05. The summed E-state index contributed by atoms with van der Waals surface area (Å²) in [5, 5.41) is 5.70. The van der Waals surface area contributed by atoms with Crippen molar-refractivity contribution in [1.82, 2.24) is 10.6 Å². The molecule has 5 heteroatoms. The van der Waals surface area contributed by atoms with Gasteiger partial charge in [-0.05, 0) is 19.8 Å². The lowest BCUT2D eigenvalue weighted by molar-refractivity contribution is -0.122. The molecule has 1 saturated carbocycles. The van der Waals surface area contributed by atoms with Crippen molar-refractivity contribution in [2.75, 3.05) is 19.6 Å². The van der Waals surface area contributed by atoms with E-state index in [1.54, 1.807) is 0 Å². The van der Waals surface area contributed by atoms with Crippen molar-refractivity contribution >= 4 is 11.9 Å². The van der Waals surface area contributed by atoms with E-state index in [9.17, 15) is 4.79 Å². The summed E-state index contributed by atoms with van der Waals surface area (Å²) >= 11 is 0. The lowest BCUT2D eigenvalue weighted by Crippen LogP contribution is -2.33. The third kappa shape index (κ3) is 4.11. The Morgan fingerprint density at radius 1 is 1.50 bits per heavy atom. The molecule has 14 heavy (non-hydrogen) atoms. The van der Waals surface area contributed by atoms with E-state index in [0.29, 0.717) is 19.0 Å². The van der Waals surface area contributed by atoms with E-state index in [-0.39, 0.29) is 11.8 Å². The maximum absolute atomic E-state index is 11.2. The quantitative estimate of drug-likeness (QED) is 0.314. The van der Waals surface area contributed by atoms with Gasteiger partial charge in [-0.3, -0.25) is 9.79 Å². The van der Waals surface area contributed by atoms with Gasteiger partial charge < -0.3 is 16.4 Å². The topological polar surface area (TPSA) is 79.5 Å². The molecule has 1 fully saturated rings. The Morgan fingerprint density at radius 3 is 2.79 bits per heavy atom. The highest BCUT2D eigenvalue weighted by Crippen LogP contribution is 2.28. The molecule has 0 atom stereocenters. The minimum absolute atomic E-state index is 0.155. The van der Waals surface area contributed by atoms with Gasteiger partial charge in [-0.2, -0.15) is 0 Å². The fourth-order valence-corrected chi connectivity index (χ4v) is 1.08. The number of nitrogens with zero attached hydrogens (tertiary/aromatic N) is 1. The number of nitrogens with two attached hydrogens (primary N) is 1. The van der Waals surface area contributed by atoms with Crippen molar-refractivity contribution in [3.8, 4) is 0 Å². The molecule has 0 aromatic rings. The highest BCUT2D eigenvalue weighted by molar-refractivity contribution is 5.81. The van der Waals surface area contributed by atoms with Crippen LogP contribution >= 0.6 is 0 Å². The fraction of sp³-hybridized carbons (Fsp3) is 0.778. The highest BCUT2D eigenvalue weighted by Gasteiger charge is 2.28. The van der Waals surface area contributed by atoms with Crippen molar-refractivity contribution in [3.05, 3.63) is 0 Å². The maximum Gasteiger partial charge on any atom is 0.223 e. The molecule has 5 nitrogen and oxygen atoms in total. The number of guanidine groups is 1. The molecule has 0 heterocycles. The van der Waals surface area contributed by atoms with Gasteiger partial charge in [0, 0.05) is 19.0 Å². The average Bonchev–Trinajstić information content (AvgIpc) is 2.95. The standard InChI is InChI=1S/C9H18N4O/c1-2-11-9(10)13-6-5-12-8(14)7-3-4-7/h7H,2-6H2,1H3,(H,12,14)(H3,10,11,13). The van der Waals surface area contributed by atoms with Crippen LogP contribution < -0.4 is 16.4 Å². The number of nitrogens with one attached hydrogen (secondary N) is 2. The van der Waals surface area contributed by atoms with E-state index in [1.807, 2.05) is 6.92 Å². The average molecular weight is 198 g/mol. The number of carbonyl (C=O) groups excluding carboxylic acids is 1. The van der Waals surface area contributed by atoms with Gasteiger partial charge in [0.05, 0.1) is 6.54 Å². The second-order valence-corrected chi connectivity index (χ2v) is 3.36. The Bertz CT molecular complexity index is 223. The highest BCUT2D eigenvalue weighted by atomic mass is 16.2. The Morgan fingerprint density at radius 2 is 2.21 bits per heavy atom. The third-order valence-corrected chi connectivity index (χ3v) is 2.00. The molecular weight excluding hydrogens is 180 g/mol. The molecular formula is C9H18N4O. The molecule has 0 aromatic carbocycles. The second kappa shape index (κ2) is 5.47. The van der Waals surface area contributed by atoms with Crippen LogP contribution in [-0.2, 0) is 4.79 Å². The van der Waals surface area contributed by atoms with Gasteiger partial charge in [-0.15, -0.1) is 0 Å². The van der Waals surface area contributed by atoms with Gasteiger partial charge >= 0.3 is 0 Å². The van der Waals surface area contributed by atoms with Crippen LogP contribution in [0.2, 0.25) is 0 Å². The van der Waals surface area contributed by atoms with Crippen LogP contribution in [-0.4, -0.2) is 31.5 Å². The Kier molecular flexibility index (Phi) is 4.22. The SMILES string of the molecule is CCNC(N)=NCCNC(=O)C1CC1. The van der Waals surface area contributed by atoms with Crippen LogP contribution in [0.5, 0.6) is 0 Å². The summed E-state index contributed by atoms with van der Waals surface area (Å²) in [6.45, 7) is 3.83. The number of hydrogen-bond donors (Lipinski definition) is 3. The Labute approximate surface area is 84.1 Å². The molecule has 0 radical (unpaired) electrons. The number of carbonyl (C=O) groups is 1. The lowest BCUT2D eigenvalue weighted by atomic mass is 10.4. The zero-order valence-electron chi connectivity index (χ0n) is 8.55. The number of hydrogen-bond acceptors (Lipinski definition) is 2. The lowest BCUT2D eigenvalue weighted by Gasteiger charge is -2.03. The van der Waals surface area contributed by atoms with Crippen LogP contribution in [0.4, 0.5) is 0 Å². The first kappa shape index (κ1) is 10.8. The smallest absolute Gasteiger partial charge is 0.223 e. The Balaban J connectivity index is 2.02. The van der Waals surface area contributed by atoms with Gasteiger partial charge in [0.25, 0.3) is 0 Å². The van der Waals surface area contributed by atoms with E-state index < -0.39 is 0 Å². The normalized spacial score (nSPS) is 16.5. The van der Waals surface area contributed by atoms with Gasteiger partial charge in [0.2, 0.25) is 5.91 Å². The molecule has 0 unspecified atom stereocenters. The summed E-state index contributed by atoms with van der Waals surface area (Å²) in [7, 11) is 0. The molecule has 0 aliphatic heterocycles. The fourth-order valence-electron chi connectivity index (χ4n) is 1.08. The first-order chi connectivity index (χ1) is 6.74. The van der Waals surface area contributed by atoms with Crippen LogP contribution in [0, 0.1) is 5.92 Å². The number of amides is 1. The summed E-state index contributed by atoms with van der Waals surface area (Å²) < 4.78 is 0. The van der Waals surface area contributed by atoms with Crippen LogP contribution in [0.1, 0.15) is 19.8 Å². The van der Waals surface area contributed by atoms with E-state index in [2.05, 4.69) is 15.6 Å². The van der Waals surface area contributed by atoms with E-state index >= 15 is 0 Å². The molecule has 1 aliphatic rings. The van der Waals surface area contributed by atoms with Crippen molar-refractivity contribution in [1.29, 1.82) is 0 Å². The van der Waals surface area contributed by atoms with Gasteiger partial charge in [-0.1, -0.05) is 0 Å². The van der Waals surface area contributed by atoms with Gasteiger partial charge in [0.15, 0.2) is 5.96 Å². The number of aliphatic imine (C=N–C) groups is 1. The second-order valence-electron chi connectivity index (χ2n) is 3.36. The predicted octanol–water partition coefficient (Wildman–Crippen LogP) is -0.563. The molecule has 0 bridgehead atoms. The van der Waals surface area contributed by atoms with Gasteiger partial charge in [0.1, 0.15) is 0 Å². The van der Waals surface area contributed by atoms with Gasteiger partial charge in [-0.25, -0.2) is 0 Å². The zero-order valence-corrected chi connectivity index (χ0v) is 8.55. The molecule has 1 rings (SSSR count). The summed E-state index contributed by atoms with van der Waals surface area (Å²) in [6.07, 6.45) is 2.07. The molecule has 4 N–H and O–H groups in total. The summed E-state index contributed by atoms with van der Waals surface area (Å²) in [5.74, 6) is 0.862. The van der Waals surface area contributed by atoms with Crippen molar-refractivity contribution in [2.45, 2.75) is 19.8 Å². The summed E-state index contributed by atoms with van der Waals surface area (Å²) in [5.41, 5.74) is 5.50. The third-order valence-electron chi connectivity index (χ3n) is 2.00. The maximum atomic E-state index is 11.2. The molecule has 80 valence electrons. The van der Waals surface area contributed by atoms with E-state index in [1.165, 1.54) is 0 Å². The Hall–Kier alpha value is -1.26. The van der Waals surface area contributed by atoms with Crippen molar-refractivity contribution < 1.29 is 4.79 Å². The molecule has 0 spiro atoms. The molecule has 1 amide bonds. The molecule has 0 aromatic heterocycles. The minimum atomic E-state index is 0.155. The monoisotopic (exact) mass is 198 g/mol. The summed E-state index contributed by atoms with van der Waals surface area (Å²) in [4.78, 5) is 15.2. The molecule has 0 saturated heterocycles. The van der Waals surface area contributed by atoms with Crippen LogP contribution in [0.15, 0.2) is 4.99 Å². The van der Waals surface area contributed by atoms with Crippen LogP contribution in [0.25, 0.3) is 0 Å². The minimum Gasteiger partial charge on any atom is -0.370 e. The zero-order chi connectivity index (χ0) is 10.4. The summed E-state index contributed by atoms with van der Waals surface area (Å²) in [6, 6.07) is 0. The van der Waals surface area contributed by atoms with E-state index in [4.69, 9.17) is 5.73 Å². The van der Waals surface area contributed by atoms with Crippen molar-refractivity contribution in [3.63, 3.8) is 0 Å². The van der Waals surface area contributed by atoms with Crippen molar-refractivity contribution in [2.24, 2.45) is 16.6 Å². The first-order valence-corrected chi connectivity index (χ1v) is 5.05. The van der Waals surface area contributed by atoms with Crippen LogP contribution in [0.3, 0.4) is 0 Å².